The van der Waals surface area contributed by atoms with Crippen molar-refractivity contribution in [2.24, 2.45) is 0 Å². The number of rotatable bonds is 5. The van der Waals surface area contributed by atoms with Crippen molar-refractivity contribution < 1.29 is 27.2 Å². The topological polar surface area (TPSA) is 52.7 Å². The molecular formula is C21H21F4N3O2. The molecule has 2 aromatic carbocycles. The van der Waals surface area contributed by atoms with E-state index < -0.39 is 23.5 Å². The summed E-state index contributed by atoms with van der Waals surface area (Å²) in [5.74, 6) is -1.26. The van der Waals surface area contributed by atoms with Crippen LogP contribution in [0.15, 0.2) is 48.5 Å². The Kier molecular flexibility index (Phi) is 6.71. The number of piperazine rings is 1. The molecule has 1 aliphatic heterocycles. The van der Waals surface area contributed by atoms with E-state index in [2.05, 4.69) is 5.32 Å². The van der Waals surface area contributed by atoms with E-state index in [0.29, 0.717) is 31.7 Å². The largest absolute Gasteiger partial charge is 0.416 e. The second kappa shape index (κ2) is 9.25. The second-order valence-corrected chi connectivity index (χ2v) is 6.99. The van der Waals surface area contributed by atoms with Crippen LogP contribution < -0.4 is 5.32 Å². The Bertz CT molecular complexity index is 877. The normalized spacial score (nSPS) is 14.5. The molecule has 1 fully saturated rings. The molecule has 1 saturated heterocycles. The molecule has 1 aliphatic rings. The SMILES string of the molecule is O=C(CN(Cc1ccc(F)cc1)C(=O)c1ccc(C(F)(F)F)cc1)N1CCNCC1. The highest BCUT2D eigenvalue weighted by Crippen LogP contribution is 2.29. The summed E-state index contributed by atoms with van der Waals surface area (Å²) < 4.78 is 51.6. The summed E-state index contributed by atoms with van der Waals surface area (Å²) in [4.78, 5) is 28.5. The highest BCUT2D eigenvalue weighted by atomic mass is 19.4. The Morgan fingerprint density at radius 2 is 1.57 bits per heavy atom. The molecule has 160 valence electrons. The van der Waals surface area contributed by atoms with Crippen molar-refractivity contribution in [3.05, 3.63) is 71.0 Å². The molecule has 3 rings (SSSR count). The zero-order valence-electron chi connectivity index (χ0n) is 16.1. The molecule has 0 atom stereocenters. The summed E-state index contributed by atoms with van der Waals surface area (Å²) >= 11 is 0. The van der Waals surface area contributed by atoms with Crippen molar-refractivity contribution in [1.29, 1.82) is 0 Å². The van der Waals surface area contributed by atoms with Gasteiger partial charge in [-0.25, -0.2) is 4.39 Å². The summed E-state index contributed by atoms with van der Waals surface area (Å²) in [6.45, 7) is 2.12. The van der Waals surface area contributed by atoms with Gasteiger partial charge in [0.15, 0.2) is 0 Å². The van der Waals surface area contributed by atoms with E-state index in [1.54, 1.807) is 4.90 Å². The van der Waals surface area contributed by atoms with E-state index in [-0.39, 0.29) is 24.6 Å². The smallest absolute Gasteiger partial charge is 0.339 e. The third-order valence-corrected chi connectivity index (χ3v) is 4.83. The molecule has 0 radical (unpaired) electrons. The first-order valence-electron chi connectivity index (χ1n) is 9.43. The number of carbonyl (C=O) groups excluding carboxylic acids is 2. The Labute approximate surface area is 171 Å². The van der Waals surface area contributed by atoms with E-state index in [9.17, 15) is 27.2 Å². The molecule has 0 spiro atoms. The number of carbonyl (C=O) groups is 2. The summed E-state index contributed by atoms with van der Waals surface area (Å²) in [7, 11) is 0. The van der Waals surface area contributed by atoms with Gasteiger partial charge in [0.1, 0.15) is 12.4 Å². The molecule has 2 aromatic rings. The molecule has 1 N–H and O–H groups in total. The van der Waals surface area contributed by atoms with E-state index >= 15 is 0 Å². The van der Waals surface area contributed by atoms with Crippen molar-refractivity contribution in [3.63, 3.8) is 0 Å². The molecule has 0 aromatic heterocycles. The van der Waals surface area contributed by atoms with Crippen molar-refractivity contribution in [3.8, 4) is 0 Å². The number of hydrogen-bond acceptors (Lipinski definition) is 3. The van der Waals surface area contributed by atoms with Gasteiger partial charge in [0.05, 0.1) is 5.56 Å². The Balaban J connectivity index is 1.80. The molecule has 0 aliphatic carbocycles. The summed E-state index contributed by atoms with van der Waals surface area (Å²) in [5, 5.41) is 3.13. The summed E-state index contributed by atoms with van der Waals surface area (Å²) in [6.07, 6.45) is -4.51. The standard InChI is InChI=1S/C21H21F4N3O2/c22-18-7-1-15(2-8-18)13-28(14-19(29)27-11-9-26-10-12-27)20(30)16-3-5-17(6-4-16)21(23,24)25/h1-8,26H,9-14H2. The van der Waals surface area contributed by atoms with Gasteiger partial charge in [-0.3, -0.25) is 9.59 Å². The van der Waals surface area contributed by atoms with Crippen LogP contribution in [0.4, 0.5) is 17.6 Å². The van der Waals surface area contributed by atoms with Crippen LogP contribution in [0.25, 0.3) is 0 Å². The van der Waals surface area contributed by atoms with E-state index in [0.717, 1.165) is 24.3 Å². The van der Waals surface area contributed by atoms with Gasteiger partial charge in [-0.2, -0.15) is 13.2 Å². The number of alkyl halides is 3. The zero-order valence-corrected chi connectivity index (χ0v) is 16.1. The van der Waals surface area contributed by atoms with Crippen LogP contribution in [0.1, 0.15) is 21.5 Å². The first-order valence-corrected chi connectivity index (χ1v) is 9.43. The summed E-state index contributed by atoms with van der Waals surface area (Å²) in [6, 6.07) is 9.34. The van der Waals surface area contributed by atoms with Crippen molar-refractivity contribution in [2.75, 3.05) is 32.7 Å². The third-order valence-electron chi connectivity index (χ3n) is 4.83. The minimum Gasteiger partial charge on any atom is -0.339 e. The van der Waals surface area contributed by atoms with E-state index in [1.807, 2.05) is 0 Å². The minimum absolute atomic E-state index is 0.0258. The maximum absolute atomic E-state index is 13.2. The molecule has 9 heteroatoms. The first kappa shape index (κ1) is 21.8. The molecule has 1 heterocycles. The fraction of sp³-hybridized carbons (Fsp3) is 0.333. The average Bonchev–Trinajstić information content (AvgIpc) is 2.74. The molecule has 0 saturated carbocycles. The Morgan fingerprint density at radius 1 is 0.967 bits per heavy atom. The van der Waals surface area contributed by atoms with Crippen LogP contribution in [0.3, 0.4) is 0 Å². The molecule has 2 amide bonds. The average molecular weight is 423 g/mol. The number of nitrogens with zero attached hydrogens (tertiary/aromatic N) is 2. The van der Waals surface area contributed by atoms with Gasteiger partial charge in [0, 0.05) is 38.3 Å². The Morgan fingerprint density at radius 3 is 2.13 bits per heavy atom. The monoisotopic (exact) mass is 423 g/mol. The third kappa shape index (κ3) is 5.56. The number of benzene rings is 2. The fourth-order valence-corrected chi connectivity index (χ4v) is 3.17. The number of halogens is 4. The predicted octanol–water partition coefficient (Wildman–Crippen LogP) is 2.92. The first-order chi connectivity index (χ1) is 14.2. The number of hydrogen-bond donors (Lipinski definition) is 1. The molecule has 5 nitrogen and oxygen atoms in total. The predicted molar refractivity (Wildman–Crippen MR) is 102 cm³/mol. The van der Waals surface area contributed by atoms with Crippen LogP contribution >= 0.6 is 0 Å². The molecule has 0 bridgehead atoms. The fourth-order valence-electron chi connectivity index (χ4n) is 3.17. The highest BCUT2D eigenvalue weighted by molar-refractivity contribution is 5.96. The summed E-state index contributed by atoms with van der Waals surface area (Å²) in [5.41, 5.74) is -0.218. The van der Waals surface area contributed by atoms with Gasteiger partial charge in [0.25, 0.3) is 5.91 Å². The number of amides is 2. The van der Waals surface area contributed by atoms with Gasteiger partial charge < -0.3 is 15.1 Å². The van der Waals surface area contributed by atoms with Crippen molar-refractivity contribution in [1.82, 2.24) is 15.1 Å². The van der Waals surface area contributed by atoms with Crippen LogP contribution in [0.5, 0.6) is 0 Å². The van der Waals surface area contributed by atoms with E-state index in [1.165, 1.54) is 29.2 Å². The Hall–Kier alpha value is -2.94. The molecular weight excluding hydrogens is 402 g/mol. The lowest BCUT2D eigenvalue weighted by molar-refractivity contribution is -0.137. The number of nitrogens with one attached hydrogen (secondary N) is 1. The van der Waals surface area contributed by atoms with Gasteiger partial charge in [-0.05, 0) is 42.0 Å². The van der Waals surface area contributed by atoms with Crippen LogP contribution in [-0.2, 0) is 17.5 Å². The lowest BCUT2D eigenvalue weighted by Gasteiger charge is -2.30. The lowest BCUT2D eigenvalue weighted by Crippen LogP contribution is -2.50. The quantitative estimate of drug-likeness (QED) is 0.753. The van der Waals surface area contributed by atoms with Gasteiger partial charge >= 0.3 is 6.18 Å². The second-order valence-electron chi connectivity index (χ2n) is 6.99. The van der Waals surface area contributed by atoms with Gasteiger partial charge in [0.2, 0.25) is 5.91 Å². The van der Waals surface area contributed by atoms with Crippen molar-refractivity contribution >= 4 is 11.8 Å². The van der Waals surface area contributed by atoms with Crippen LogP contribution in [0, 0.1) is 5.82 Å². The van der Waals surface area contributed by atoms with Crippen LogP contribution in [0.2, 0.25) is 0 Å². The highest BCUT2D eigenvalue weighted by Gasteiger charge is 2.31. The molecule has 30 heavy (non-hydrogen) atoms. The van der Waals surface area contributed by atoms with Crippen LogP contribution in [-0.4, -0.2) is 54.3 Å². The lowest BCUT2D eigenvalue weighted by atomic mass is 10.1. The maximum atomic E-state index is 13.2. The minimum atomic E-state index is -4.51. The van der Waals surface area contributed by atoms with Crippen molar-refractivity contribution in [2.45, 2.75) is 12.7 Å². The zero-order chi connectivity index (χ0) is 21.7. The molecule has 0 unspecified atom stereocenters. The van der Waals surface area contributed by atoms with Gasteiger partial charge in [-0.15, -0.1) is 0 Å². The van der Waals surface area contributed by atoms with E-state index in [4.69, 9.17) is 0 Å². The maximum Gasteiger partial charge on any atom is 0.416 e. The van der Waals surface area contributed by atoms with Gasteiger partial charge in [-0.1, -0.05) is 12.1 Å².